The first-order chi connectivity index (χ1) is 14.6. The quantitative estimate of drug-likeness (QED) is 0.816. The second kappa shape index (κ2) is 6.34. The van der Waals surface area contributed by atoms with Crippen LogP contribution in [0.25, 0.3) is 0 Å². The van der Waals surface area contributed by atoms with Gasteiger partial charge in [0.25, 0.3) is 0 Å². The van der Waals surface area contributed by atoms with Gasteiger partial charge >= 0.3 is 0 Å². The summed E-state index contributed by atoms with van der Waals surface area (Å²) in [7, 11) is 0. The maximum absolute atomic E-state index is 10.0. The van der Waals surface area contributed by atoms with Crippen molar-refractivity contribution < 1.29 is 18.9 Å². The van der Waals surface area contributed by atoms with Gasteiger partial charge in [0.05, 0.1) is 29.5 Å². The number of fused-ring (bicyclic) bond motifs is 2. The zero-order valence-electron chi connectivity index (χ0n) is 15.6. The third-order valence-electron chi connectivity index (χ3n) is 5.81. The summed E-state index contributed by atoms with van der Waals surface area (Å²) in [5, 5.41) is 30.0. The van der Waals surface area contributed by atoms with E-state index in [2.05, 4.69) is 18.2 Å². The zero-order valence-corrected chi connectivity index (χ0v) is 15.6. The molecule has 2 aliphatic heterocycles. The molecule has 8 nitrogen and oxygen atoms in total. The summed E-state index contributed by atoms with van der Waals surface area (Å²) in [6.45, 7) is 0.207. The van der Waals surface area contributed by atoms with E-state index >= 15 is 0 Å². The van der Waals surface area contributed by atoms with E-state index in [1.807, 2.05) is 0 Å². The SMILES string of the molecule is N#CC1=C(N)C(C#N)(C#N)[C@@H](c2ccc3c(c2)OCO3)[C@@H]1c1ccc2c(c1)OCO2. The maximum atomic E-state index is 10.0. The van der Waals surface area contributed by atoms with Crippen LogP contribution in [0.15, 0.2) is 47.7 Å². The lowest BCUT2D eigenvalue weighted by atomic mass is 9.69. The molecule has 2 aromatic rings. The molecular formula is C22H14N4O4. The summed E-state index contributed by atoms with van der Waals surface area (Å²) in [4.78, 5) is 0. The highest BCUT2D eigenvalue weighted by Gasteiger charge is 2.56. The van der Waals surface area contributed by atoms with Crippen molar-refractivity contribution in [3.05, 3.63) is 58.8 Å². The first-order valence-electron chi connectivity index (χ1n) is 9.14. The van der Waals surface area contributed by atoms with Crippen molar-refractivity contribution >= 4 is 0 Å². The molecule has 0 saturated carbocycles. The molecule has 0 aromatic heterocycles. The Bertz CT molecular complexity index is 1220. The molecule has 0 amide bonds. The minimum atomic E-state index is -1.71. The Hall–Kier alpha value is -4.35. The first-order valence-corrected chi connectivity index (χ1v) is 9.14. The molecule has 2 aromatic carbocycles. The molecule has 30 heavy (non-hydrogen) atoms. The van der Waals surface area contributed by atoms with Crippen LogP contribution in [0.3, 0.4) is 0 Å². The normalized spacial score (nSPS) is 22.3. The van der Waals surface area contributed by atoms with E-state index in [0.29, 0.717) is 34.1 Å². The molecule has 0 saturated heterocycles. The van der Waals surface area contributed by atoms with Crippen molar-refractivity contribution in [2.24, 2.45) is 11.1 Å². The van der Waals surface area contributed by atoms with E-state index in [1.54, 1.807) is 36.4 Å². The number of nitriles is 3. The van der Waals surface area contributed by atoms with Crippen LogP contribution in [0.2, 0.25) is 0 Å². The lowest BCUT2D eigenvalue weighted by molar-refractivity contribution is 0.173. The van der Waals surface area contributed by atoms with Gasteiger partial charge in [-0.25, -0.2) is 0 Å². The van der Waals surface area contributed by atoms with Crippen LogP contribution in [0, 0.1) is 39.4 Å². The molecule has 0 spiro atoms. The van der Waals surface area contributed by atoms with E-state index in [4.69, 9.17) is 24.7 Å². The highest BCUT2D eigenvalue weighted by atomic mass is 16.7. The van der Waals surface area contributed by atoms with Gasteiger partial charge in [-0.05, 0) is 35.4 Å². The van der Waals surface area contributed by atoms with E-state index in [1.165, 1.54) is 0 Å². The molecule has 1 aliphatic carbocycles. The van der Waals surface area contributed by atoms with Gasteiger partial charge in [-0.15, -0.1) is 0 Å². The number of nitrogens with two attached hydrogens (primary N) is 1. The number of benzene rings is 2. The summed E-state index contributed by atoms with van der Waals surface area (Å²) in [5.74, 6) is 0.891. The van der Waals surface area contributed by atoms with Gasteiger partial charge in [-0.2, -0.15) is 15.8 Å². The van der Waals surface area contributed by atoms with E-state index in [9.17, 15) is 15.8 Å². The van der Waals surface area contributed by atoms with Gasteiger partial charge in [0, 0.05) is 11.8 Å². The van der Waals surface area contributed by atoms with Crippen molar-refractivity contribution in [1.29, 1.82) is 15.8 Å². The number of rotatable bonds is 2. The van der Waals surface area contributed by atoms with Crippen molar-refractivity contribution in [3.8, 4) is 41.2 Å². The van der Waals surface area contributed by atoms with Crippen LogP contribution < -0.4 is 24.7 Å². The van der Waals surface area contributed by atoms with Gasteiger partial charge in [-0.3, -0.25) is 0 Å². The largest absolute Gasteiger partial charge is 0.454 e. The fourth-order valence-corrected chi connectivity index (χ4v) is 4.39. The molecule has 5 rings (SSSR count). The van der Waals surface area contributed by atoms with Gasteiger partial charge in [-0.1, -0.05) is 12.1 Å². The monoisotopic (exact) mass is 398 g/mol. The molecule has 146 valence electrons. The summed E-state index contributed by atoms with van der Waals surface area (Å²) in [6, 6.07) is 16.9. The summed E-state index contributed by atoms with van der Waals surface area (Å²) in [6.07, 6.45) is 0. The van der Waals surface area contributed by atoms with Crippen LogP contribution in [0.5, 0.6) is 23.0 Å². The Morgan fingerprint density at radius 2 is 1.33 bits per heavy atom. The number of ether oxygens (including phenoxy) is 4. The Balaban J connectivity index is 1.73. The third kappa shape index (κ3) is 2.24. The molecule has 0 unspecified atom stereocenters. The first kappa shape index (κ1) is 17.7. The van der Waals surface area contributed by atoms with Crippen LogP contribution in [-0.2, 0) is 0 Å². The third-order valence-corrected chi connectivity index (χ3v) is 5.81. The standard InChI is InChI=1S/C22H14N4O4/c23-7-14-19(12-1-3-15-17(5-12)29-10-27-15)20(22(8-24,9-25)21(14)26)13-2-4-16-18(6-13)30-11-28-16/h1-6,19-20H,10-11,26H2/t19-,20+/m1/s1. The second-order valence-electron chi connectivity index (χ2n) is 7.15. The number of hydrogen-bond acceptors (Lipinski definition) is 8. The molecule has 2 atom stereocenters. The Morgan fingerprint density at radius 1 is 0.800 bits per heavy atom. The molecule has 0 fully saturated rings. The molecule has 2 heterocycles. The fourth-order valence-electron chi connectivity index (χ4n) is 4.39. The highest BCUT2D eigenvalue weighted by molar-refractivity contribution is 5.61. The summed E-state index contributed by atoms with van der Waals surface area (Å²) < 4.78 is 21.7. The zero-order chi connectivity index (χ0) is 20.9. The van der Waals surface area contributed by atoms with Crippen molar-refractivity contribution in [2.45, 2.75) is 11.8 Å². The van der Waals surface area contributed by atoms with Crippen LogP contribution >= 0.6 is 0 Å². The smallest absolute Gasteiger partial charge is 0.231 e. The number of hydrogen-bond donors (Lipinski definition) is 1. The topological polar surface area (TPSA) is 134 Å². The van der Waals surface area contributed by atoms with Crippen molar-refractivity contribution in [1.82, 2.24) is 0 Å². The van der Waals surface area contributed by atoms with Gasteiger partial charge in [0.15, 0.2) is 28.4 Å². The van der Waals surface area contributed by atoms with Crippen LogP contribution in [0.1, 0.15) is 23.0 Å². The minimum Gasteiger partial charge on any atom is -0.454 e. The lowest BCUT2D eigenvalue weighted by Gasteiger charge is -2.28. The van der Waals surface area contributed by atoms with Crippen LogP contribution in [0.4, 0.5) is 0 Å². The van der Waals surface area contributed by atoms with Crippen molar-refractivity contribution in [3.63, 3.8) is 0 Å². The number of nitrogens with zero attached hydrogens (tertiary/aromatic N) is 3. The van der Waals surface area contributed by atoms with Gasteiger partial charge in [0.1, 0.15) is 0 Å². The molecular weight excluding hydrogens is 384 g/mol. The summed E-state index contributed by atoms with van der Waals surface area (Å²) >= 11 is 0. The average molecular weight is 398 g/mol. The lowest BCUT2D eigenvalue weighted by Crippen LogP contribution is -2.29. The Morgan fingerprint density at radius 3 is 1.90 bits per heavy atom. The summed E-state index contributed by atoms with van der Waals surface area (Å²) in [5.41, 5.74) is 6.08. The van der Waals surface area contributed by atoms with Crippen LogP contribution in [-0.4, -0.2) is 13.6 Å². The van der Waals surface area contributed by atoms with E-state index < -0.39 is 17.3 Å². The van der Waals surface area contributed by atoms with Crippen molar-refractivity contribution in [2.75, 3.05) is 13.6 Å². The second-order valence-corrected chi connectivity index (χ2v) is 7.15. The molecule has 0 radical (unpaired) electrons. The van der Waals surface area contributed by atoms with E-state index in [-0.39, 0.29) is 24.9 Å². The number of allylic oxidation sites excluding steroid dienone is 2. The molecule has 2 N–H and O–H groups in total. The Labute approximate surface area is 171 Å². The highest BCUT2D eigenvalue weighted by Crippen LogP contribution is 2.59. The molecule has 3 aliphatic rings. The average Bonchev–Trinajstić information content (AvgIpc) is 3.48. The molecule has 8 heteroatoms. The minimum absolute atomic E-state index is 0.0275. The van der Waals surface area contributed by atoms with Gasteiger partial charge in [0.2, 0.25) is 13.6 Å². The van der Waals surface area contributed by atoms with E-state index in [0.717, 1.165) is 0 Å². The predicted octanol–water partition coefficient (Wildman–Crippen LogP) is 2.79. The predicted molar refractivity (Wildman–Crippen MR) is 101 cm³/mol. The fraction of sp³-hybridized carbons (Fsp3) is 0.227. The molecule has 0 bridgehead atoms. The Kier molecular flexibility index (Phi) is 3.74. The maximum Gasteiger partial charge on any atom is 0.231 e. The van der Waals surface area contributed by atoms with Gasteiger partial charge < -0.3 is 24.7 Å².